The monoisotopic (exact) mass is 119 g/mol. The Hall–Kier alpha value is -0.120. The van der Waals surface area contributed by atoms with Crippen molar-refractivity contribution in [1.29, 1.82) is 0 Å². The molecule has 0 amide bonds. The first-order valence-corrected chi connectivity index (χ1v) is 2.67. The van der Waals surface area contributed by atoms with Crippen molar-refractivity contribution >= 4 is 0 Å². The molecule has 0 unspecified atom stereocenters. The zero-order valence-corrected chi connectivity index (χ0v) is 5.13. The van der Waals surface area contributed by atoms with Crippen LogP contribution < -0.4 is 5.73 Å². The van der Waals surface area contributed by atoms with Crippen molar-refractivity contribution in [2.24, 2.45) is 5.73 Å². The van der Waals surface area contributed by atoms with Crippen molar-refractivity contribution in [3.05, 3.63) is 0 Å². The van der Waals surface area contributed by atoms with Crippen LogP contribution in [0.25, 0.3) is 0 Å². The Labute approximate surface area is 49.4 Å². The Morgan fingerprint density at radius 1 is 1.62 bits per heavy atom. The molecule has 1 atom stereocenters. The zero-order valence-electron chi connectivity index (χ0n) is 5.13. The van der Waals surface area contributed by atoms with Gasteiger partial charge in [0, 0.05) is 19.8 Å². The van der Waals surface area contributed by atoms with Gasteiger partial charge in [-0.25, -0.2) is 0 Å². The van der Waals surface area contributed by atoms with E-state index in [1.165, 1.54) is 0 Å². The van der Waals surface area contributed by atoms with Crippen LogP contribution in [0.1, 0.15) is 6.42 Å². The summed E-state index contributed by atoms with van der Waals surface area (Å²) in [6.07, 6.45) is 1.04. The van der Waals surface area contributed by atoms with E-state index >= 15 is 0 Å². The number of aliphatic hydroxyl groups is 1. The summed E-state index contributed by atoms with van der Waals surface area (Å²) in [4.78, 5) is 0. The minimum Gasteiger partial charge on any atom is -0.400 e. The van der Waals surface area contributed by atoms with Crippen LogP contribution in [0.15, 0.2) is 0 Å². The SMILES string of the molecule is CO.N[C@@H]1CCOC1. The van der Waals surface area contributed by atoms with Gasteiger partial charge in [0.15, 0.2) is 0 Å². The lowest BCUT2D eigenvalue weighted by Crippen LogP contribution is -2.18. The molecule has 0 aliphatic carbocycles. The Bertz CT molecular complexity index is 43.7. The van der Waals surface area contributed by atoms with Crippen LogP contribution in [0.2, 0.25) is 0 Å². The number of aliphatic hydroxyl groups excluding tert-OH is 1. The Morgan fingerprint density at radius 2 is 2.25 bits per heavy atom. The molecular formula is C5H13NO2. The molecule has 0 aromatic heterocycles. The van der Waals surface area contributed by atoms with Crippen LogP contribution >= 0.6 is 0 Å². The van der Waals surface area contributed by atoms with E-state index in [9.17, 15) is 0 Å². The van der Waals surface area contributed by atoms with Crippen molar-refractivity contribution in [1.82, 2.24) is 0 Å². The highest BCUT2D eigenvalue weighted by Crippen LogP contribution is 1.98. The fourth-order valence-corrected chi connectivity index (χ4v) is 0.553. The summed E-state index contributed by atoms with van der Waals surface area (Å²) in [6, 6.07) is 0.324. The number of hydrogen-bond donors (Lipinski definition) is 2. The second kappa shape index (κ2) is 5.03. The van der Waals surface area contributed by atoms with E-state index in [2.05, 4.69) is 0 Å². The smallest absolute Gasteiger partial charge is 0.0618 e. The fraction of sp³-hybridized carbons (Fsp3) is 1.00. The second-order valence-corrected chi connectivity index (χ2v) is 1.62. The molecule has 50 valence electrons. The summed E-state index contributed by atoms with van der Waals surface area (Å²) in [6.45, 7) is 1.63. The summed E-state index contributed by atoms with van der Waals surface area (Å²) < 4.78 is 4.93. The Morgan fingerprint density at radius 3 is 2.38 bits per heavy atom. The van der Waals surface area contributed by atoms with Crippen LogP contribution in [0, 0.1) is 0 Å². The van der Waals surface area contributed by atoms with E-state index in [1.54, 1.807) is 0 Å². The van der Waals surface area contributed by atoms with Gasteiger partial charge in [-0.2, -0.15) is 0 Å². The maximum absolute atomic E-state index is 7.00. The molecule has 1 fully saturated rings. The van der Waals surface area contributed by atoms with Crippen LogP contribution in [0.3, 0.4) is 0 Å². The normalized spacial score (nSPS) is 26.6. The topological polar surface area (TPSA) is 55.5 Å². The molecule has 0 radical (unpaired) electrons. The van der Waals surface area contributed by atoms with Gasteiger partial charge in [0.2, 0.25) is 0 Å². The van der Waals surface area contributed by atoms with Gasteiger partial charge in [0.25, 0.3) is 0 Å². The summed E-state index contributed by atoms with van der Waals surface area (Å²) in [5.41, 5.74) is 5.41. The lowest BCUT2D eigenvalue weighted by Gasteiger charge is -1.90. The molecule has 1 saturated heterocycles. The fourth-order valence-electron chi connectivity index (χ4n) is 0.553. The second-order valence-electron chi connectivity index (χ2n) is 1.62. The first kappa shape index (κ1) is 7.88. The molecule has 0 saturated carbocycles. The summed E-state index contributed by atoms with van der Waals surface area (Å²) >= 11 is 0. The molecule has 3 N–H and O–H groups in total. The van der Waals surface area contributed by atoms with Crippen LogP contribution in [-0.2, 0) is 4.74 Å². The number of rotatable bonds is 0. The van der Waals surface area contributed by atoms with Crippen molar-refractivity contribution in [2.75, 3.05) is 20.3 Å². The predicted molar refractivity (Wildman–Crippen MR) is 31.6 cm³/mol. The van der Waals surface area contributed by atoms with Gasteiger partial charge in [-0.3, -0.25) is 0 Å². The van der Waals surface area contributed by atoms with Gasteiger partial charge in [0.1, 0.15) is 0 Å². The quantitative estimate of drug-likeness (QED) is 0.445. The van der Waals surface area contributed by atoms with E-state index < -0.39 is 0 Å². The molecule has 0 aromatic carbocycles. The molecule has 3 heteroatoms. The first-order chi connectivity index (χ1) is 3.89. The third-order valence-corrected chi connectivity index (χ3v) is 0.965. The van der Waals surface area contributed by atoms with Crippen molar-refractivity contribution in [2.45, 2.75) is 12.5 Å². The van der Waals surface area contributed by atoms with Gasteiger partial charge in [0.05, 0.1) is 6.61 Å². The van der Waals surface area contributed by atoms with E-state index in [1.807, 2.05) is 0 Å². The van der Waals surface area contributed by atoms with Crippen molar-refractivity contribution in [3.63, 3.8) is 0 Å². The third kappa shape index (κ3) is 2.96. The molecular weight excluding hydrogens is 106 g/mol. The lowest BCUT2D eigenvalue weighted by molar-refractivity contribution is 0.194. The number of nitrogens with two attached hydrogens (primary N) is 1. The van der Waals surface area contributed by atoms with Crippen molar-refractivity contribution < 1.29 is 9.84 Å². The minimum atomic E-state index is 0.324. The highest BCUT2D eigenvalue weighted by molar-refractivity contribution is 4.64. The molecule has 3 nitrogen and oxygen atoms in total. The van der Waals surface area contributed by atoms with Crippen LogP contribution in [0.4, 0.5) is 0 Å². The van der Waals surface area contributed by atoms with E-state index in [0.29, 0.717) is 6.04 Å². The highest BCUT2D eigenvalue weighted by Gasteiger charge is 2.07. The van der Waals surface area contributed by atoms with Gasteiger partial charge in [-0.1, -0.05) is 0 Å². The molecule has 1 heterocycles. The maximum Gasteiger partial charge on any atom is 0.0618 e. The van der Waals surface area contributed by atoms with E-state index in [-0.39, 0.29) is 0 Å². The predicted octanol–water partition coefficient (Wildman–Crippen LogP) is -0.658. The van der Waals surface area contributed by atoms with Crippen molar-refractivity contribution in [3.8, 4) is 0 Å². The maximum atomic E-state index is 7.00. The largest absolute Gasteiger partial charge is 0.400 e. The highest BCUT2D eigenvalue weighted by atomic mass is 16.5. The first-order valence-electron chi connectivity index (χ1n) is 2.67. The molecule has 0 aromatic rings. The van der Waals surface area contributed by atoms with Gasteiger partial charge >= 0.3 is 0 Å². The molecule has 1 rings (SSSR count). The number of hydrogen-bond acceptors (Lipinski definition) is 3. The summed E-state index contributed by atoms with van der Waals surface area (Å²) in [7, 11) is 1.00. The van der Waals surface area contributed by atoms with Crippen LogP contribution in [-0.4, -0.2) is 31.5 Å². The molecule has 0 spiro atoms. The lowest BCUT2D eigenvalue weighted by atomic mass is 10.3. The minimum absolute atomic E-state index is 0.324. The summed E-state index contributed by atoms with van der Waals surface area (Å²) in [5.74, 6) is 0. The average Bonchev–Trinajstić information content (AvgIpc) is 2.24. The van der Waals surface area contributed by atoms with E-state index in [0.717, 1.165) is 26.7 Å². The van der Waals surface area contributed by atoms with Gasteiger partial charge < -0.3 is 15.6 Å². The number of ether oxygens (including phenoxy) is 1. The molecule has 1 aliphatic rings. The standard InChI is InChI=1S/C4H9NO.CH4O/c5-4-1-2-6-3-4;1-2/h4H,1-3,5H2;2H,1H3/t4-;/m1./s1. The summed E-state index contributed by atoms with van der Waals surface area (Å²) in [5, 5.41) is 7.00. The third-order valence-electron chi connectivity index (χ3n) is 0.965. The zero-order chi connectivity index (χ0) is 6.41. The molecule has 0 bridgehead atoms. The van der Waals surface area contributed by atoms with Gasteiger partial charge in [-0.15, -0.1) is 0 Å². The average molecular weight is 119 g/mol. The molecule has 8 heavy (non-hydrogen) atoms. The molecule has 1 aliphatic heterocycles. The van der Waals surface area contributed by atoms with Crippen LogP contribution in [0.5, 0.6) is 0 Å². The van der Waals surface area contributed by atoms with Gasteiger partial charge in [-0.05, 0) is 6.42 Å². The van der Waals surface area contributed by atoms with E-state index in [4.69, 9.17) is 15.6 Å². The Kier molecular flexibility index (Phi) is 4.95. The Balaban J connectivity index is 0.000000222.